The van der Waals surface area contributed by atoms with E-state index in [-0.39, 0.29) is 11.6 Å². The van der Waals surface area contributed by atoms with Crippen molar-refractivity contribution in [2.75, 3.05) is 36.8 Å². The van der Waals surface area contributed by atoms with Gasteiger partial charge in [-0.25, -0.2) is 8.78 Å². The van der Waals surface area contributed by atoms with Gasteiger partial charge in [-0.1, -0.05) is 19.3 Å². The van der Waals surface area contributed by atoms with E-state index in [2.05, 4.69) is 20.4 Å². The van der Waals surface area contributed by atoms with Gasteiger partial charge >= 0.3 is 0 Å². The van der Waals surface area contributed by atoms with Gasteiger partial charge in [0.2, 0.25) is 0 Å². The van der Waals surface area contributed by atoms with Crippen molar-refractivity contribution in [3.8, 4) is 0 Å². The summed E-state index contributed by atoms with van der Waals surface area (Å²) in [5, 5.41) is 7.91. The fraction of sp³-hybridized carbons (Fsp3) is 0.481. The number of benzene rings is 2. The molecule has 2 aliphatic rings. The van der Waals surface area contributed by atoms with Crippen molar-refractivity contribution in [2.45, 2.75) is 44.9 Å². The molecule has 0 saturated carbocycles. The van der Waals surface area contributed by atoms with Crippen molar-refractivity contribution < 1.29 is 8.78 Å². The maximum atomic E-state index is 13.1. The summed E-state index contributed by atoms with van der Waals surface area (Å²) in [7, 11) is 0. The summed E-state index contributed by atoms with van der Waals surface area (Å²) >= 11 is 11.1. The molecule has 0 bridgehead atoms. The van der Waals surface area contributed by atoms with Crippen LogP contribution in [0, 0.1) is 23.5 Å². The number of thiocarbonyl (C=S) groups is 2. The van der Waals surface area contributed by atoms with Gasteiger partial charge in [0, 0.05) is 37.6 Å². The van der Waals surface area contributed by atoms with Gasteiger partial charge in [-0.05, 0) is 110 Å². The Labute approximate surface area is 218 Å². The second kappa shape index (κ2) is 12.6. The van der Waals surface area contributed by atoms with Gasteiger partial charge in [-0.2, -0.15) is 0 Å². The zero-order chi connectivity index (χ0) is 24.6. The molecule has 0 aliphatic carbocycles. The molecule has 0 amide bonds. The predicted octanol–water partition coefficient (Wildman–Crippen LogP) is 6.65. The SMILES string of the molecule is Fc1ccc(NC(=S)N2CCC(CCCC3CCN(C(=S)Nc4ccc(F)cc4)CC3)CC2)cc1. The fourth-order valence-corrected chi connectivity index (χ4v) is 5.62. The van der Waals surface area contributed by atoms with Crippen LogP contribution in [0.25, 0.3) is 0 Å². The summed E-state index contributed by atoms with van der Waals surface area (Å²) in [5.74, 6) is 1.06. The number of nitrogens with zero attached hydrogens (tertiary/aromatic N) is 2. The van der Waals surface area contributed by atoms with E-state index in [1.54, 1.807) is 24.3 Å². The van der Waals surface area contributed by atoms with E-state index < -0.39 is 0 Å². The molecule has 0 radical (unpaired) electrons. The van der Waals surface area contributed by atoms with E-state index in [1.807, 2.05) is 0 Å². The maximum Gasteiger partial charge on any atom is 0.173 e. The second-order valence-corrected chi connectivity index (χ2v) is 10.4. The summed E-state index contributed by atoms with van der Waals surface area (Å²) in [5.41, 5.74) is 1.66. The molecule has 2 N–H and O–H groups in total. The van der Waals surface area contributed by atoms with E-state index in [0.717, 1.165) is 59.6 Å². The minimum absolute atomic E-state index is 0.241. The first-order valence-corrected chi connectivity index (χ1v) is 13.4. The molecule has 0 spiro atoms. The molecule has 188 valence electrons. The zero-order valence-electron chi connectivity index (χ0n) is 20.0. The van der Waals surface area contributed by atoms with Crippen molar-refractivity contribution in [2.24, 2.45) is 11.8 Å². The quantitative estimate of drug-likeness (QED) is 0.418. The Morgan fingerprint density at radius 1 is 0.657 bits per heavy atom. The van der Waals surface area contributed by atoms with E-state index in [4.69, 9.17) is 24.4 Å². The Hall–Kier alpha value is -2.32. The van der Waals surface area contributed by atoms with E-state index in [0.29, 0.717) is 0 Å². The first-order chi connectivity index (χ1) is 17.0. The molecular weight excluding hydrogens is 482 g/mol. The van der Waals surface area contributed by atoms with Gasteiger partial charge < -0.3 is 20.4 Å². The highest BCUT2D eigenvalue weighted by Gasteiger charge is 2.23. The van der Waals surface area contributed by atoms with Gasteiger partial charge in [0.25, 0.3) is 0 Å². The number of likely N-dealkylation sites (tertiary alicyclic amines) is 2. The molecule has 8 heteroatoms. The van der Waals surface area contributed by atoms with Crippen LogP contribution in [0.5, 0.6) is 0 Å². The highest BCUT2D eigenvalue weighted by Crippen LogP contribution is 2.28. The van der Waals surface area contributed by atoms with Crippen LogP contribution in [0.3, 0.4) is 0 Å². The Bertz CT molecular complexity index is 888. The Morgan fingerprint density at radius 3 is 1.34 bits per heavy atom. The van der Waals surface area contributed by atoms with Crippen LogP contribution < -0.4 is 10.6 Å². The molecule has 2 saturated heterocycles. The third-order valence-corrected chi connectivity index (χ3v) is 7.94. The average molecular weight is 517 g/mol. The van der Waals surface area contributed by atoms with E-state index >= 15 is 0 Å². The predicted molar refractivity (Wildman–Crippen MR) is 148 cm³/mol. The van der Waals surface area contributed by atoms with Crippen molar-refractivity contribution in [1.82, 2.24) is 9.80 Å². The van der Waals surface area contributed by atoms with Crippen molar-refractivity contribution in [3.63, 3.8) is 0 Å². The van der Waals surface area contributed by atoms with E-state index in [9.17, 15) is 8.78 Å². The van der Waals surface area contributed by atoms with Gasteiger partial charge in [-0.3, -0.25) is 0 Å². The Morgan fingerprint density at radius 2 is 1.00 bits per heavy atom. The van der Waals surface area contributed by atoms with E-state index in [1.165, 1.54) is 69.2 Å². The lowest BCUT2D eigenvalue weighted by Crippen LogP contribution is -2.41. The van der Waals surface area contributed by atoms with Crippen molar-refractivity contribution >= 4 is 46.0 Å². The van der Waals surface area contributed by atoms with Crippen LogP contribution in [0.1, 0.15) is 44.9 Å². The fourth-order valence-electron chi connectivity index (χ4n) is 5.02. The minimum Gasteiger partial charge on any atom is -0.349 e. The molecule has 2 aromatic rings. The number of hydrogen-bond acceptors (Lipinski definition) is 2. The molecule has 0 unspecified atom stereocenters. The molecule has 4 nitrogen and oxygen atoms in total. The highest BCUT2D eigenvalue weighted by molar-refractivity contribution is 7.80. The third-order valence-electron chi connectivity index (χ3n) is 7.22. The molecule has 4 rings (SSSR count). The third kappa shape index (κ3) is 7.84. The summed E-state index contributed by atoms with van der Waals surface area (Å²) in [6, 6.07) is 12.6. The molecular formula is C27H34F2N4S2. The van der Waals surface area contributed by atoms with Gasteiger partial charge in [0.15, 0.2) is 10.2 Å². The zero-order valence-corrected chi connectivity index (χ0v) is 21.7. The summed E-state index contributed by atoms with van der Waals surface area (Å²) < 4.78 is 26.2. The van der Waals surface area contributed by atoms with Gasteiger partial charge in [0.05, 0.1) is 0 Å². The lowest BCUT2D eigenvalue weighted by atomic mass is 9.87. The lowest BCUT2D eigenvalue weighted by molar-refractivity contribution is 0.229. The monoisotopic (exact) mass is 516 g/mol. The Balaban J connectivity index is 1.09. The maximum absolute atomic E-state index is 13.1. The van der Waals surface area contributed by atoms with Crippen LogP contribution in [0.15, 0.2) is 48.5 Å². The number of halogens is 2. The van der Waals surface area contributed by atoms with Crippen LogP contribution in [0.4, 0.5) is 20.2 Å². The molecule has 2 heterocycles. The molecule has 2 aromatic carbocycles. The molecule has 0 aromatic heterocycles. The molecule has 2 aliphatic heterocycles. The number of nitrogens with one attached hydrogen (secondary N) is 2. The average Bonchev–Trinajstić information content (AvgIpc) is 2.87. The minimum atomic E-state index is -0.241. The Kier molecular flexibility index (Phi) is 9.26. The molecule has 35 heavy (non-hydrogen) atoms. The summed E-state index contributed by atoms with van der Waals surface area (Å²) in [4.78, 5) is 4.46. The van der Waals surface area contributed by atoms with Gasteiger partial charge in [-0.15, -0.1) is 0 Å². The highest BCUT2D eigenvalue weighted by atomic mass is 32.1. The smallest absolute Gasteiger partial charge is 0.173 e. The van der Waals surface area contributed by atoms with Crippen LogP contribution in [-0.4, -0.2) is 46.2 Å². The van der Waals surface area contributed by atoms with Crippen LogP contribution in [0.2, 0.25) is 0 Å². The number of rotatable bonds is 6. The van der Waals surface area contributed by atoms with Crippen LogP contribution in [-0.2, 0) is 0 Å². The number of hydrogen-bond donors (Lipinski definition) is 2. The lowest BCUT2D eigenvalue weighted by Gasteiger charge is -2.35. The first kappa shape index (κ1) is 25.8. The summed E-state index contributed by atoms with van der Waals surface area (Å²) in [6.07, 6.45) is 8.55. The van der Waals surface area contributed by atoms with Gasteiger partial charge in [0.1, 0.15) is 11.6 Å². The normalized spacial score (nSPS) is 17.3. The topological polar surface area (TPSA) is 30.5 Å². The number of piperidine rings is 2. The van der Waals surface area contributed by atoms with Crippen molar-refractivity contribution in [3.05, 3.63) is 60.2 Å². The molecule has 2 fully saturated rings. The first-order valence-electron chi connectivity index (χ1n) is 12.6. The summed E-state index contributed by atoms with van der Waals surface area (Å²) in [6.45, 7) is 3.92. The number of anilines is 2. The van der Waals surface area contributed by atoms with Crippen molar-refractivity contribution in [1.29, 1.82) is 0 Å². The second-order valence-electron chi connectivity index (χ2n) is 9.67. The largest absolute Gasteiger partial charge is 0.349 e. The van der Waals surface area contributed by atoms with Crippen LogP contribution >= 0.6 is 24.4 Å². The molecule has 0 atom stereocenters. The standard InChI is InChI=1S/C27H34F2N4S2/c28-22-4-8-24(9-5-22)30-26(34)32-16-12-20(13-17-32)2-1-3-21-14-18-33(19-15-21)27(35)31-25-10-6-23(29)7-11-25/h4-11,20-21H,1-3,12-19H2,(H,30,34)(H,31,35).